The van der Waals surface area contributed by atoms with Crippen molar-refractivity contribution in [2.24, 2.45) is 0 Å². The van der Waals surface area contributed by atoms with Crippen LogP contribution in [0.4, 0.5) is 4.39 Å². The molecule has 1 aliphatic rings. The number of halogens is 1. The Kier molecular flexibility index (Phi) is 5.09. The van der Waals surface area contributed by atoms with Gasteiger partial charge in [-0.05, 0) is 24.3 Å². The van der Waals surface area contributed by atoms with Crippen molar-refractivity contribution < 1.29 is 9.13 Å². The standard InChI is InChI=1S/C21H24FN5O/c1-13(2)21-23-8-6-15(26-21)11-27-9-7-17-19(25-12-24-17)20(27)16-10-14(22)4-5-18(16)28-3/h4-6,8,10,12-13,20H,7,9,11H2,1-3H3,(H,24,25)/t20-/m0/s1. The first-order chi connectivity index (χ1) is 13.6. The SMILES string of the molecule is COc1ccc(F)cc1[C@H]1c2nc[nH]c2CCN1Cc1ccnc(C(C)C)n1. The third-order valence-electron chi connectivity index (χ3n) is 5.12. The van der Waals surface area contributed by atoms with Crippen molar-refractivity contribution in [3.8, 4) is 5.75 Å². The van der Waals surface area contributed by atoms with Gasteiger partial charge in [-0.2, -0.15) is 0 Å². The second kappa shape index (κ2) is 7.67. The molecular weight excluding hydrogens is 357 g/mol. The van der Waals surface area contributed by atoms with E-state index in [-0.39, 0.29) is 17.8 Å². The number of H-pyrrole nitrogens is 1. The minimum Gasteiger partial charge on any atom is -0.496 e. The Balaban J connectivity index is 1.75. The number of rotatable bonds is 5. The highest BCUT2D eigenvalue weighted by molar-refractivity contribution is 5.42. The van der Waals surface area contributed by atoms with Gasteiger partial charge in [-0.25, -0.2) is 19.3 Å². The maximum absolute atomic E-state index is 14.1. The lowest BCUT2D eigenvalue weighted by molar-refractivity contribution is 0.194. The molecule has 0 saturated heterocycles. The van der Waals surface area contributed by atoms with E-state index in [9.17, 15) is 4.39 Å². The topological polar surface area (TPSA) is 66.9 Å². The van der Waals surface area contributed by atoms with Crippen molar-refractivity contribution >= 4 is 0 Å². The number of hydrogen-bond acceptors (Lipinski definition) is 5. The second-order valence-corrected chi connectivity index (χ2v) is 7.34. The molecule has 0 saturated carbocycles. The molecule has 7 heteroatoms. The van der Waals surface area contributed by atoms with Gasteiger partial charge in [0.25, 0.3) is 0 Å². The van der Waals surface area contributed by atoms with Gasteiger partial charge in [-0.3, -0.25) is 4.90 Å². The minimum atomic E-state index is -0.289. The molecule has 0 spiro atoms. The Morgan fingerprint density at radius 2 is 2.14 bits per heavy atom. The Bertz CT molecular complexity index is 971. The number of nitrogens with one attached hydrogen (secondary N) is 1. The smallest absolute Gasteiger partial charge is 0.131 e. The molecule has 0 amide bonds. The van der Waals surface area contributed by atoms with Crippen molar-refractivity contribution in [3.05, 3.63) is 71.1 Å². The van der Waals surface area contributed by atoms with Crippen molar-refractivity contribution in [3.63, 3.8) is 0 Å². The molecule has 0 unspecified atom stereocenters. The van der Waals surface area contributed by atoms with Crippen LogP contribution in [0.25, 0.3) is 0 Å². The van der Waals surface area contributed by atoms with E-state index in [1.165, 1.54) is 6.07 Å². The average Bonchev–Trinajstić information content (AvgIpc) is 3.17. The largest absolute Gasteiger partial charge is 0.496 e. The molecule has 3 heterocycles. The number of fused-ring (bicyclic) bond motifs is 1. The van der Waals surface area contributed by atoms with Gasteiger partial charge >= 0.3 is 0 Å². The van der Waals surface area contributed by atoms with E-state index < -0.39 is 0 Å². The highest BCUT2D eigenvalue weighted by atomic mass is 19.1. The van der Waals surface area contributed by atoms with Gasteiger partial charge in [0.2, 0.25) is 0 Å². The van der Waals surface area contributed by atoms with Crippen LogP contribution < -0.4 is 4.74 Å². The molecule has 3 aromatic rings. The van der Waals surface area contributed by atoms with Gasteiger partial charge in [-0.1, -0.05) is 13.8 Å². The summed E-state index contributed by atoms with van der Waals surface area (Å²) in [7, 11) is 1.61. The molecule has 1 atom stereocenters. The number of methoxy groups -OCH3 is 1. The normalized spacial score (nSPS) is 17.0. The summed E-state index contributed by atoms with van der Waals surface area (Å²) in [4.78, 5) is 19.1. The van der Waals surface area contributed by atoms with Crippen LogP contribution in [0.2, 0.25) is 0 Å². The number of benzene rings is 1. The van der Waals surface area contributed by atoms with Crippen molar-refractivity contribution in [2.75, 3.05) is 13.7 Å². The van der Waals surface area contributed by atoms with Crippen molar-refractivity contribution in [1.82, 2.24) is 24.8 Å². The fourth-order valence-corrected chi connectivity index (χ4v) is 3.75. The van der Waals surface area contributed by atoms with E-state index in [2.05, 4.69) is 33.7 Å². The molecule has 0 fully saturated rings. The summed E-state index contributed by atoms with van der Waals surface area (Å²) in [5, 5.41) is 0. The van der Waals surface area contributed by atoms with Crippen LogP contribution in [-0.4, -0.2) is 38.5 Å². The molecular formula is C21H24FN5O. The lowest BCUT2D eigenvalue weighted by Gasteiger charge is -2.35. The van der Waals surface area contributed by atoms with E-state index in [1.54, 1.807) is 31.8 Å². The first-order valence-corrected chi connectivity index (χ1v) is 9.48. The Labute approximate surface area is 163 Å². The van der Waals surface area contributed by atoms with E-state index in [0.717, 1.165) is 41.4 Å². The molecule has 2 aromatic heterocycles. The molecule has 28 heavy (non-hydrogen) atoms. The predicted molar refractivity (Wildman–Crippen MR) is 104 cm³/mol. The molecule has 146 valence electrons. The zero-order chi connectivity index (χ0) is 19.7. The zero-order valence-corrected chi connectivity index (χ0v) is 16.3. The van der Waals surface area contributed by atoms with Gasteiger partial charge < -0.3 is 9.72 Å². The fourth-order valence-electron chi connectivity index (χ4n) is 3.75. The first-order valence-electron chi connectivity index (χ1n) is 9.48. The molecule has 6 nitrogen and oxygen atoms in total. The summed E-state index contributed by atoms with van der Waals surface area (Å²) in [5.41, 5.74) is 3.71. The molecule has 0 radical (unpaired) electrons. The van der Waals surface area contributed by atoms with Crippen LogP contribution in [-0.2, 0) is 13.0 Å². The first kappa shape index (κ1) is 18.6. The van der Waals surface area contributed by atoms with E-state index >= 15 is 0 Å². The third kappa shape index (κ3) is 3.49. The molecule has 0 aliphatic carbocycles. The number of aromatic nitrogens is 4. The van der Waals surface area contributed by atoms with Crippen molar-refractivity contribution in [2.45, 2.75) is 38.8 Å². The van der Waals surface area contributed by atoms with Crippen LogP contribution in [0.5, 0.6) is 5.75 Å². The highest BCUT2D eigenvalue weighted by Crippen LogP contribution is 2.38. The maximum atomic E-state index is 14.1. The summed E-state index contributed by atoms with van der Waals surface area (Å²) >= 11 is 0. The molecule has 4 rings (SSSR count). The summed E-state index contributed by atoms with van der Waals surface area (Å²) < 4.78 is 19.7. The molecule has 1 N–H and O–H groups in total. The van der Waals surface area contributed by atoms with Crippen LogP contribution in [0.15, 0.2) is 36.8 Å². The van der Waals surface area contributed by atoms with Crippen LogP contribution in [0.1, 0.15) is 54.3 Å². The minimum absolute atomic E-state index is 0.210. The van der Waals surface area contributed by atoms with Crippen molar-refractivity contribution in [1.29, 1.82) is 0 Å². The summed E-state index contributed by atoms with van der Waals surface area (Å²) in [6.07, 6.45) is 4.36. The Morgan fingerprint density at radius 3 is 2.93 bits per heavy atom. The number of ether oxygens (including phenoxy) is 1. The monoisotopic (exact) mass is 381 g/mol. The number of imidazole rings is 1. The van der Waals surface area contributed by atoms with Gasteiger partial charge in [0.1, 0.15) is 17.4 Å². The fraction of sp³-hybridized carbons (Fsp3) is 0.381. The predicted octanol–water partition coefficient (Wildman–Crippen LogP) is 3.62. The third-order valence-corrected chi connectivity index (χ3v) is 5.12. The van der Waals surface area contributed by atoms with Crippen LogP contribution >= 0.6 is 0 Å². The quantitative estimate of drug-likeness (QED) is 0.731. The lowest BCUT2D eigenvalue weighted by atomic mass is 9.94. The van der Waals surface area contributed by atoms with E-state index in [4.69, 9.17) is 9.72 Å². The zero-order valence-electron chi connectivity index (χ0n) is 16.3. The second-order valence-electron chi connectivity index (χ2n) is 7.34. The van der Waals surface area contributed by atoms with Crippen LogP contribution in [0.3, 0.4) is 0 Å². The summed E-state index contributed by atoms with van der Waals surface area (Å²) in [5.74, 6) is 1.45. The molecule has 1 aliphatic heterocycles. The summed E-state index contributed by atoms with van der Waals surface area (Å²) in [6.45, 7) is 5.59. The maximum Gasteiger partial charge on any atom is 0.131 e. The number of nitrogens with zero attached hydrogens (tertiary/aromatic N) is 4. The van der Waals surface area contributed by atoms with Gasteiger partial charge in [-0.15, -0.1) is 0 Å². The number of hydrogen-bond donors (Lipinski definition) is 1. The Hall–Kier alpha value is -2.80. The van der Waals surface area contributed by atoms with Gasteiger partial charge in [0, 0.05) is 42.9 Å². The summed E-state index contributed by atoms with van der Waals surface area (Å²) in [6, 6.07) is 6.36. The molecule has 1 aromatic carbocycles. The van der Waals surface area contributed by atoms with Gasteiger partial charge in [0.05, 0.1) is 30.9 Å². The van der Waals surface area contributed by atoms with E-state index in [1.807, 2.05) is 6.07 Å². The Morgan fingerprint density at radius 1 is 1.29 bits per heavy atom. The number of aromatic amines is 1. The highest BCUT2D eigenvalue weighted by Gasteiger charge is 2.33. The van der Waals surface area contributed by atoms with Gasteiger partial charge in [0.15, 0.2) is 0 Å². The van der Waals surface area contributed by atoms with Crippen LogP contribution in [0, 0.1) is 5.82 Å². The lowest BCUT2D eigenvalue weighted by Crippen LogP contribution is -2.36. The molecule has 0 bridgehead atoms. The van der Waals surface area contributed by atoms with E-state index in [0.29, 0.717) is 12.3 Å². The average molecular weight is 381 g/mol.